The molecular formula is C24H32FN3O4. The first-order chi connectivity index (χ1) is 15.5. The standard InChI is InChI=1S/C24H32FN3O4/c25-20-7-5-18(6-8-20)22(29)26-21(24(31)28-13-15-32-16-14-28)17-9-11-27(12-10-17)23(30)19-3-1-2-4-19/h5-8,17,19,21H,1-4,9-16H2,(H,26,29)/t21-/m1/s1. The lowest BCUT2D eigenvalue weighted by molar-refractivity contribution is -0.140. The molecule has 0 radical (unpaired) electrons. The van der Waals surface area contributed by atoms with Crippen LogP contribution in [0.3, 0.4) is 0 Å². The van der Waals surface area contributed by atoms with Crippen LogP contribution in [0.4, 0.5) is 4.39 Å². The number of hydrogen-bond donors (Lipinski definition) is 1. The fraction of sp³-hybridized carbons (Fsp3) is 0.625. The summed E-state index contributed by atoms with van der Waals surface area (Å²) in [5, 5.41) is 2.92. The number of halogens is 1. The summed E-state index contributed by atoms with van der Waals surface area (Å²) in [6.07, 6.45) is 5.54. The maximum absolute atomic E-state index is 13.4. The Morgan fingerprint density at radius 1 is 0.906 bits per heavy atom. The van der Waals surface area contributed by atoms with Crippen molar-refractivity contribution in [1.29, 1.82) is 0 Å². The van der Waals surface area contributed by atoms with E-state index in [1.807, 2.05) is 4.90 Å². The number of nitrogens with one attached hydrogen (secondary N) is 1. The Bertz CT molecular complexity index is 811. The van der Waals surface area contributed by atoms with E-state index in [4.69, 9.17) is 4.74 Å². The lowest BCUT2D eigenvalue weighted by Gasteiger charge is -2.39. The Balaban J connectivity index is 1.43. The van der Waals surface area contributed by atoms with Crippen LogP contribution in [-0.4, -0.2) is 73.0 Å². The predicted octanol–water partition coefficient (Wildman–Crippen LogP) is 2.21. The van der Waals surface area contributed by atoms with Crippen molar-refractivity contribution in [3.8, 4) is 0 Å². The molecule has 0 spiro atoms. The number of morpholine rings is 1. The van der Waals surface area contributed by atoms with Gasteiger partial charge in [0.1, 0.15) is 11.9 Å². The molecule has 3 aliphatic rings. The molecule has 0 bridgehead atoms. The molecule has 4 rings (SSSR count). The van der Waals surface area contributed by atoms with Crippen molar-refractivity contribution in [2.45, 2.75) is 44.6 Å². The number of hydrogen-bond acceptors (Lipinski definition) is 4. The Hall–Kier alpha value is -2.48. The van der Waals surface area contributed by atoms with Crippen molar-refractivity contribution in [2.75, 3.05) is 39.4 Å². The molecule has 1 saturated carbocycles. The van der Waals surface area contributed by atoms with Gasteiger partial charge in [-0.15, -0.1) is 0 Å². The highest BCUT2D eigenvalue weighted by molar-refractivity contribution is 5.97. The third-order valence-electron chi connectivity index (χ3n) is 7.01. The van der Waals surface area contributed by atoms with Gasteiger partial charge in [-0.3, -0.25) is 14.4 Å². The van der Waals surface area contributed by atoms with Gasteiger partial charge in [0.25, 0.3) is 5.91 Å². The quantitative estimate of drug-likeness (QED) is 0.754. The zero-order chi connectivity index (χ0) is 22.5. The maximum Gasteiger partial charge on any atom is 0.251 e. The predicted molar refractivity (Wildman–Crippen MR) is 116 cm³/mol. The number of carbonyl (C=O) groups excluding carboxylic acids is 3. The van der Waals surface area contributed by atoms with Crippen molar-refractivity contribution in [3.05, 3.63) is 35.6 Å². The third kappa shape index (κ3) is 5.28. The van der Waals surface area contributed by atoms with E-state index in [1.165, 1.54) is 24.3 Å². The topological polar surface area (TPSA) is 79.0 Å². The van der Waals surface area contributed by atoms with Gasteiger partial charge in [0.15, 0.2) is 0 Å². The summed E-state index contributed by atoms with van der Waals surface area (Å²) in [6.45, 7) is 3.19. The molecule has 32 heavy (non-hydrogen) atoms. The highest BCUT2D eigenvalue weighted by atomic mass is 19.1. The molecule has 7 nitrogen and oxygen atoms in total. The van der Waals surface area contributed by atoms with Crippen LogP contribution in [0.2, 0.25) is 0 Å². The summed E-state index contributed by atoms with van der Waals surface area (Å²) in [6, 6.07) is 4.64. The lowest BCUT2D eigenvalue weighted by atomic mass is 9.87. The molecule has 1 atom stereocenters. The van der Waals surface area contributed by atoms with Gasteiger partial charge in [-0.25, -0.2) is 4.39 Å². The molecule has 1 aromatic carbocycles. The van der Waals surface area contributed by atoms with E-state index >= 15 is 0 Å². The van der Waals surface area contributed by atoms with Crippen molar-refractivity contribution < 1.29 is 23.5 Å². The number of rotatable bonds is 5. The normalized spacial score (nSPS) is 21.4. The van der Waals surface area contributed by atoms with Gasteiger partial charge in [0, 0.05) is 37.7 Å². The molecule has 0 unspecified atom stereocenters. The minimum absolute atomic E-state index is 0.0534. The maximum atomic E-state index is 13.4. The second kappa shape index (κ2) is 10.4. The minimum Gasteiger partial charge on any atom is -0.378 e. The summed E-state index contributed by atoms with van der Waals surface area (Å²) in [7, 11) is 0. The molecule has 1 N–H and O–H groups in total. The Morgan fingerprint density at radius 3 is 2.16 bits per heavy atom. The first-order valence-electron chi connectivity index (χ1n) is 11.7. The van der Waals surface area contributed by atoms with Gasteiger partial charge in [-0.05, 0) is 55.9 Å². The van der Waals surface area contributed by atoms with Gasteiger partial charge >= 0.3 is 0 Å². The van der Waals surface area contributed by atoms with E-state index in [-0.39, 0.29) is 29.6 Å². The van der Waals surface area contributed by atoms with E-state index in [0.29, 0.717) is 57.8 Å². The van der Waals surface area contributed by atoms with E-state index in [0.717, 1.165) is 25.7 Å². The molecule has 2 heterocycles. The van der Waals surface area contributed by atoms with Crippen LogP contribution in [0.1, 0.15) is 48.9 Å². The molecule has 2 aliphatic heterocycles. The summed E-state index contributed by atoms with van der Waals surface area (Å²) in [5.41, 5.74) is 0.319. The van der Waals surface area contributed by atoms with Crippen LogP contribution in [0.5, 0.6) is 0 Å². The van der Waals surface area contributed by atoms with Gasteiger partial charge in [-0.1, -0.05) is 12.8 Å². The Morgan fingerprint density at radius 2 is 1.53 bits per heavy atom. The van der Waals surface area contributed by atoms with Crippen LogP contribution in [0.25, 0.3) is 0 Å². The third-order valence-corrected chi connectivity index (χ3v) is 7.01. The number of nitrogens with zero attached hydrogens (tertiary/aromatic N) is 2. The van der Waals surface area contributed by atoms with E-state index in [9.17, 15) is 18.8 Å². The fourth-order valence-electron chi connectivity index (χ4n) is 5.07. The zero-order valence-corrected chi connectivity index (χ0v) is 18.4. The summed E-state index contributed by atoms with van der Waals surface area (Å²) in [5.74, 6) is -0.572. The van der Waals surface area contributed by atoms with Crippen molar-refractivity contribution in [1.82, 2.24) is 15.1 Å². The lowest BCUT2D eigenvalue weighted by Crippen LogP contribution is -2.56. The van der Waals surface area contributed by atoms with E-state index in [2.05, 4.69) is 5.32 Å². The molecule has 1 aliphatic carbocycles. The number of piperidine rings is 1. The van der Waals surface area contributed by atoms with Crippen LogP contribution in [-0.2, 0) is 14.3 Å². The zero-order valence-electron chi connectivity index (χ0n) is 18.4. The van der Waals surface area contributed by atoms with Gasteiger partial charge in [-0.2, -0.15) is 0 Å². The minimum atomic E-state index is -0.672. The molecule has 1 aromatic rings. The monoisotopic (exact) mass is 445 g/mol. The molecule has 3 fully saturated rings. The second-order valence-electron chi connectivity index (χ2n) is 9.04. The van der Waals surface area contributed by atoms with Crippen molar-refractivity contribution in [2.24, 2.45) is 11.8 Å². The highest BCUT2D eigenvalue weighted by Gasteiger charge is 2.37. The smallest absolute Gasteiger partial charge is 0.251 e. The SMILES string of the molecule is O=C(N[C@@H](C(=O)N1CCOCC1)C1CCN(C(=O)C2CCCC2)CC1)c1ccc(F)cc1. The van der Waals surface area contributed by atoms with Crippen molar-refractivity contribution >= 4 is 17.7 Å². The van der Waals surface area contributed by atoms with Crippen LogP contribution >= 0.6 is 0 Å². The molecule has 0 aromatic heterocycles. The summed E-state index contributed by atoms with van der Waals surface area (Å²) >= 11 is 0. The first-order valence-corrected chi connectivity index (χ1v) is 11.7. The molecule has 8 heteroatoms. The van der Waals surface area contributed by atoms with Crippen LogP contribution in [0, 0.1) is 17.7 Å². The number of amides is 3. The Kier molecular flexibility index (Phi) is 7.40. The number of benzene rings is 1. The highest BCUT2D eigenvalue weighted by Crippen LogP contribution is 2.29. The Labute approximate surface area is 188 Å². The van der Waals surface area contributed by atoms with E-state index in [1.54, 1.807) is 4.90 Å². The summed E-state index contributed by atoms with van der Waals surface area (Å²) < 4.78 is 18.6. The van der Waals surface area contributed by atoms with Crippen LogP contribution < -0.4 is 5.32 Å². The average molecular weight is 446 g/mol. The molecule has 2 saturated heterocycles. The molecule has 174 valence electrons. The largest absolute Gasteiger partial charge is 0.378 e. The fourth-order valence-corrected chi connectivity index (χ4v) is 5.07. The van der Waals surface area contributed by atoms with Gasteiger partial charge in [0.2, 0.25) is 11.8 Å². The first kappa shape index (κ1) is 22.7. The number of likely N-dealkylation sites (tertiary alicyclic amines) is 1. The number of ether oxygens (including phenoxy) is 1. The average Bonchev–Trinajstić information content (AvgIpc) is 3.38. The van der Waals surface area contributed by atoms with Gasteiger partial charge in [0.05, 0.1) is 13.2 Å². The van der Waals surface area contributed by atoms with Gasteiger partial charge < -0.3 is 19.9 Å². The summed E-state index contributed by atoms with van der Waals surface area (Å²) in [4.78, 5) is 42.7. The number of carbonyl (C=O) groups is 3. The second-order valence-corrected chi connectivity index (χ2v) is 9.04. The van der Waals surface area contributed by atoms with E-state index < -0.39 is 11.9 Å². The molecular weight excluding hydrogens is 413 g/mol. The van der Waals surface area contributed by atoms with Crippen molar-refractivity contribution in [3.63, 3.8) is 0 Å². The molecule has 3 amide bonds. The van der Waals surface area contributed by atoms with Crippen LogP contribution in [0.15, 0.2) is 24.3 Å².